The molecule has 0 bridgehead atoms. The van der Waals surface area contributed by atoms with Crippen molar-refractivity contribution in [1.82, 2.24) is 0 Å². The normalized spacial score (nSPS) is 13.3. The highest BCUT2D eigenvalue weighted by molar-refractivity contribution is 5.88. The second-order valence-corrected chi connectivity index (χ2v) is 6.45. The van der Waals surface area contributed by atoms with Gasteiger partial charge in [0.2, 0.25) is 0 Å². The number of hydrogen-bond donors (Lipinski definition) is 0. The molecule has 0 aromatic heterocycles. The summed E-state index contributed by atoms with van der Waals surface area (Å²) in [5.41, 5.74) is 5.37. The lowest BCUT2D eigenvalue weighted by Crippen LogP contribution is -2.04. The third-order valence-corrected chi connectivity index (χ3v) is 5.02. The molecule has 0 atom stereocenters. The van der Waals surface area contributed by atoms with Crippen molar-refractivity contribution in [1.29, 1.82) is 0 Å². The van der Waals surface area contributed by atoms with E-state index in [9.17, 15) is 0 Å². The Morgan fingerprint density at radius 2 is 1.64 bits per heavy atom. The molecule has 0 fully saturated rings. The summed E-state index contributed by atoms with van der Waals surface area (Å²) in [6, 6.07) is 19.4. The van der Waals surface area contributed by atoms with Gasteiger partial charge in [-0.2, -0.15) is 0 Å². The number of methoxy groups -OCH3 is 2. The van der Waals surface area contributed by atoms with Crippen molar-refractivity contribution in [2.45, 2.75) is 19.3 Å². The first-order valence-corrected chi connectivity index (χ1v) is 8.71. The highest BCUT2D eigenvalue weighted by atomic mass is 16.5. The molecule has 3 aromatic rings. The molecule has 1 aliphatic carbocycles. The van der Waals surface area contributed by atoms with Crippen LogP contribution < -0.4 is 9.47 Å². The van der Waals surface area contributed by atoms with Crippen LogP contribution in [0, 0.1) is 0 Å². The summed E-state index contributed by atoms with van der Waals surface area (Å²) >= 11 is 0. The van der Waals surface area contributed by atoms with Gasteiger partial charge in [0.15, 0.2) is 11.5 Å². The Labute approximate surface area is 148 Å². The van der Waals surface area contributed by atoms with Gasteiger partial charge in [0.25, 0.3) is 0 Å². The molecular formula is C23H22O2. The predicted octanol–water partition coefficient (Wildman–Crippen LogP) is 5.43. The van der Waals surface area contributed by atoms with Crippen molar-refractivity contribution in [2.24, 2.45) is 0 Å². The van der Waals surface area contributed by atoms with Crippen LogP contribution >= 0.6 is 0 Å². The zero-order valence-electron chi connectivity index (χ0n) is 14.7. The average molecular weight is 330 g/mol. The molecule has 0 heterocycles. The zero-order valence-corrected chi connectivity index (χ0v) is 14.7. The van der Waals surface area contributed by atoms with Crippen LogP contribution in [0.15, 0.2) is 60.7 Å². The van der Waals surface area contributed by atoms with Crippen LogP contribution in [0.5, 0.6) is 11.5 Å². The topological polar surface area (TPSA) is 18.5 Å². The molecule has 0 spiro atoms. The minimum Gasteiger partial charge on any atom is -0.493 e. The molecule has 126 valence electrons. The van der Waals surface area contributed by atoms with Gasteiger partial charge in [0.05, 0.1) is 14.2 Å². The fourth-order valence-electron chi connectivity index (χ4n) is 3.76. The van der Waals surface area contributed by atoms with Crippen LogP contribution in [-0.2, 0) is 12.8 Å². The third kappa shape index (κ3) is 2.89. The molecule has 2 nitrogen and oxygen atoms in total. The number of ether oxygens (including phenoxy) is 2. The first-order valence-electron chi connectivity index (χ1n) is 8.71. The quantitative estimate of drug-likeness (QED) is 0.635. The molecule has 0 unspecified atom stereocenters. The number of aryl methyl sites for hydroxylation is 1. The first kappa shape index (κ1) is 15.8. The van der Waals surface area contributed by atoms with Gasteiger partial charge in [-0.1, -0.05) is 48.5 Å². The van der Waals surface area contributed by atoms with E-state index >= 15 is 0 Å². The number of hydrogen-bond acceptors (Lipinski definition) is 2. The minimum atomic E-state index is 0.798. The highest BCUT2D eigenvalue weighted by Gasteiger charge is 2.18. The van der Waals surface area contributed by atoms with Crippen molar-refractivity contribution in [3.8, 4) is 11.5 Å². The van der Waals surface area contributed by atoms with Crippen LogP contribution in [0.4, 0.5) is 0 Å². The molecule has 1 aliphatic rings. The summed E-state index contributed by atoms with van der Waals surface area (Å²) in [6.45, 7) is 0. The summed E-state index contributed by atoms with van der Waals surface area (Å²) < 4.78 is 11.0. The lowest BCUT2D eigenvalue weighted by atomic mass is 9.86. The van der Waals surface area contributed by atoms with Crippen molar-refractivity contribution in [3.05, 3.63) is 77.4 Å². The van der Waals surface area contributed by atoms with Crippen LogP contribution in [0.1, 0.15) is 23.1 Å². The summed E-state index contributed by atoms with van der Waals surface area (Å²) in [7, 11) is 3.39. The molecule has 0 aliphatic heterocycles. The third-order valence-electron chi connectivity index (χ3n) is 5.02. The molecule has 3 aromatic carbocycles. The molecule has 2 heteroatoms. The molecule has 0 saturated heterocycles. The van der Waals surface area contributed by atoms with Gasteiger partial charge in [0, 0.05) is 0 Å². The Kier molecular flexibility index (Phi) is 4.19. The van der Waals surface area contributed by atoms with E-state index in [1.807, 2.05) is 0 Å². The van der Waals surface area contributed by atoms with Gasteiger partial charge in [-0.15, -0.1) is 0 Å². The van der Waals surface area contributed by atoms with Crippen LogP contribution in [0.2, 0.25) is 0 Å². The predicted molar refractivity (Wildman–Crippen MR) is 103 cm³/mol. The smallest absolute Gasteiger partial charge is 0.161 e. The average Bonchev–Trinajstić information content (AvgIpc) is 2.67. The summed E-state index contributed by atoms with van der Waals surface area (Å²) in [4.78, 5) is 0. The number of rotatable bonds is 4. The van der Waals surface area contributed by atoms with E-state index in [1.54, 1.807) is 14.2 Å². The Morgan fingerprint density at radius 1 is 0.880 bits per heavy atom. The first-order chi connectivity index (χ1) is 12.3. The second kappa shape index (κ2) is 6.64. The monoisotopic (exact) mass is 330 g/mol. The second-order valence-electron chi connectivity index (χ2n) is 6.45. The van der Waals surface area contributed by atoms with E-state index < -0.39 is 0 Å². The summed E-state index contributed by atoms with van der Waals surface area (Å²) in [5, 5.41) is 2.63. The largest absolute Gasteiger partial charge is 0.493 e. The van der Waals surface area contributed by atoms with Gasteiger partial charge < -0.3 is 9.47 Å². The standard InChI is InChI=1S/C23H22O2/c1-24-22-14-19-11-6-10-18(21(19)15-23(22)25-2)13-17-9-5-8-16-7-3-4-12-20(16)17/h3-5,7-10,12,14-15H,6,11,13H2,1-2H3. The molecule has 0 radical (unpaired) electrons. The van der Waals surface area contributed by atoms with E-state index in [0.29, 0.717) is 0 Å². The Hall–Kier alpha value is -2.74. The maximum absolute atomic E-state index is 5.52. The molecule has 0 saturated carbocycles. The Morgan fingerprint density at radius 3 is 2.48 bits per heavy atom. The Balaban J connectivity index is 1.76. The fourth-order valence-corrected chi connectivity index (χ4v) is 3.76. The van der Waals surface area contributed by atoms with E-state index in [1.165, 1.54) is 33.0 Å². The zero-order chi connectivity index (χ0) is 17.2. The van der Waals surface area contributed by atoms with E-state index in [2.05, 4.69) is 60.7 Å². The van der Waals surface area contributed by atoms with E-state index in [0.717, 1.165) is 30.8 Å². The molecule has 0 N–H and O–H groups in total. The van der Waals surface area contributed by atoms with Crippen molar-refractivity contribution >= 4 is 16.3 Å². The SMILES string of the molecule is COc1cc2c(cc1OC)C(Cc1cccc3ccccc13)=CCC2. The van der Waals surface area contributed by atoms with E-state index in [4.69, 9.17) is 9.47 Å². The lowest BCUT2D eigenvalue weighted by Gasteiger charge is -2.21. The molecule has 0 amide bonds. The van der Waals surface area contributed by atoms with Gasteiger partial charge >= 0.3 is 0 Å². The van der Waals surface area contributed by atoms with Crippen molar-refractivity contribution in [2.75, 3.05) is 14.2 Å². The maximum atomic E-state index is 5.52. The Bertz CT molecular complexity index is 948. The highest BCUT2D eigenvalue weighted by Crippen LogP contribution is 2.38. The summed E-state index contributed by atoms with van der Waals surface area (Å²) in [5.74, 6) is 1.61. The van der Waals surface area contributed by atoms with Crippen LogP contribution in [-0.4, -0.2) is 14.2 Å². The van der Waals surface area contributed by atoms with Gasteiger partial charge in [-0.25, -0.2) is 0 Å². The summed E-state index contributed by atoms with van der Waals surface area (Å²) in [6.07, 6.45) is 5.43. The fraction of sp³-hybridized carbons (Fsp3) is 0.217. The van der Waals surface area contributed by atoms with Gasteiger partial charge in [0.1, 0.15) is 0 Å². The molecule has 25 heavy (non-hydrogen) atoms. The van der Waals surface area contributed by atoms with Crippen LogP contribution in [0.3, 0.4) is 0 Å². The van der Waals surface area contributed by atoms with Gasteiger partial charge in [-0.3, -0.25) is 0 Å². The number of allylic oxidation sites excluding steroid dienone is 2. The number of benzene rings is 3. The maximum Gasteiger partial charge on any atom is 0.161 e. The van der Waals surface area contributed by atoms with E-state index in [-0.39, 0.29) is 0 Å². The lowest BCUT2D eigenvalue weighted by molar-refractivity contribution is 0.354. The van der Waals surface area contributed by atoms with Crippen LogP contribution in [0.25, 0.3) is 16.3 Å². The minimum absolute atomic E-state index is 0.798. The van der Waals surface area contributed by atoms with Gasteiger partial charge in [-0.05, 0) is 64.4 Å². The van der Waals surface area contributed by atoms with Crippen molar-refractivity contribution in [3.63, 3.8) is 0 Å². The molecule has 4 rings (SSSR count). The number of fused-ring (bicyclic) bond motifs is 2. The van der Waals surface area contributed by atoms with Crippen molar-refractivity contribution < 1.29 is 9.47 Å². The molecular weight excluding hydrogens is 308 g/mol.